The van der Waals surface area contributed by atoms with Crippen molar-refractivity contribution in [3.63, 3.8) is 0 Å². The molecule has 23 heavy (non-hydrogen) atoms. The molecule has 0 unspecified atom stereocenters. The SMILES string of the molecule is CCOc1ccc(NCCC(=O)NCc2ccc(Cl)cc2)cc1. The summed E-state index contributed by atoms with van der Waals surface area (Å²) in [7, 11) is 0. The lowest BCUT2D eigenvalue weighted by Gasteiger charge is -2.09. The fourth-order valence-electron chi connectivity index (χ4n) is 2.05. The number of benzene rings is 2. The molecule has 0 aliphatic carbocycles. The number of nitrogens with one attached hydrogen (secondary N) is 2. The predicted molar refractivity (Wildman–Crippen MR) is 94.0 cm³/mol. The zero-order valence-corrected chi connectivity index (χ0v) is 13.9. The Balaban J connectivity index is 1.67. The van der Waals surface area contributed by atoms with Gasteiger partial charge in [0.05, 0.1) is 6.61 Å². The molecule has 0 saturated carbocycles. The molecule has 0 aliphatic rings. The Bertz CT molecular complexity index is 612. The van der Waals surface area contributed by atoms with E-state index in [0.717, 1.165) is 17.0 Å². The van der Waals surface area contributed by atoms with Crippen molar-refractivity contribution >= 4 is 23.2 Å². The molecule has 5 heteroatoms. The molecule has 2 aromatic carbocycles. The number of carbonyl (C=O) groups is 1. The van der Waals surface area contributed by atoms with Crippen molar-refractivity contribution in [2.75, 3.05) is 18.5 Å². The van der Waals surface area contributed by atoms with Crippen LogP contribution in [-0.4, -0.2) is 19.1 Å². The van der Waals surface area contributed by atoms with E-state index in [-0.39, 0.29) is 5.91 Å². The van der Waals surface area contributed by atoms with Crippen molar-refractivity contribution in [1.82, 2.24) is 5.32 Å². The number of hydrogen-bond acceptors (Lipinski definition) is 3. The molecule has 0 radical (unpaired) electrons. The van der Waals surface area contributed by atoms with Crippen LogP contribution < -0.4 is 15.4 Å². The lowest BCUT2D eigenvalue weighted by Crippen LogP contribution is -2.24. The van der Waals surface area contributed by atoms with Gasteiger partial charge < -0.3 is 15.4 Å². The third-order valence-corrected chi connectivity index (χ3v) is 3.50. The highest BCUT2D eigenvalue weighted by Crippen LogP contribution is 2.15. The molecule has 0 fully saturated rings. The average Bonchev–Trinajstić information content (AvgIpc) is 2.56. The normalized spacial score (nSPS) is 10.2. The molecule has 0 spiro atoms. The van der Waals surface area contributed by atoms with Gasteiger partial charge in [-0.3, -0.25) is 4.79 Å². The first kappa shape index (κ1) is 17.2. The molecular formula is C18H21ClN2O2. The van der Waals surface area contributed by atoms with Crippen LogP contribution in [0.1, 0.15) is 18.9 Å². The maximum atomic E-state index is 11.8. The van der Waals surface area contributed by atoms with Gasteiger partial charge in [-0.15, -0.1) is 0 Å². The van der Waals surface area contributed by atoms with Crippen molar-refractivity contribution in [2.24, 2.45) is 0 Å². The van der Waals surface area contributed by atoms with Crippen molar-refractivity contribution in [3.05, 3.63) is 59.1 Å². The lowest BCUT2D eigenvalue weighted by atomic mass is 10.2. The zero-order chi connectivity index (χ0) is 16.5. The second-order valence-electron chi connectivity index (χ2n) is 5.04. The van der Waals surface area contributed by atoms with Crippen molar-refractivity contribution < 1.29 is 9.53 Å². The van der Waals surface area contributed by atoms with E-state index in [2.05, 4.69) is 10.6 Å². The second-order valence-corrected chi connectivity index (χ2v) is 5.47. The van der Waals surface area contributed by atoms with Gasteiger partial charge in [0.2, 0.25) is 5.91 Å². The molecule has 0 heterocycles. The third-order valence-electron chi connectivity index (χ3n) is 3.25. The van der Waals surface area contributed by atoms with Gasteiger partial charge in [0.25, 0.3) is 0 Å². The summed E-state index contributed by atoms with van der Waals surface area (Å²) in [6.45, 7) is 3.70. The van der Waals surface area contributed by atoms with Gasteiger partial charge in [-0.05, 0) is 48.9 Å². The Morgan fingerprint density at radius 3 is 2.43 bits per heavy atom. The average molecular weight is 333 g/mol. The number of rotatable bonds is 8. The maximum Gasteiger partial charge on any atom is 0.222 e. The standard InChI is InChI=1S/C18H21ClN2O2/c1-2-23-17-9-7-16(8-10-17)20-12-11-18(22)21-13-14-3-5-15(19)6-4-14/h3-10,20H,2,11-13H2,1H3,(H,21,22). The molecule has 0 aliphatic heterocycles. The van der Waals surface area contributed by atoms with Gasteiger partial charge in [-0.2, -0.15) is 0 Å². The molecule has 0 bridgehead atoms. The van der Waals surface area contributed by atoms with E-state index in [0.29, 0.717) is 31.1 Å². The summed E-state index contributed by atoms with van der Waals surface area (Å²) in [4.78, 5) is 11.8. The minimum absolute atomic E-state index is 0.0124. The Morgan fingerprint density at radius 2 is 1.78 bits per heavy atom. The number of carbonyl (C=O) groups excluding carboxylic acids is 1. The van der Waals surface area contributed by atoms with E-state index in [1.54, 1.807) is 0 Å². The summed E-state index contributed by atoms with van der Waals surface area (Å²) in [5.74, 6) is 0.858. The van der Waals surface area contributed by atoms with Crippen LogP contribution in [0.4, 0.5) is 5.69 Å². The van der Waals surface area contributed by atoms with Gasteiger partial charge in [0.15, 0.2) is 0 Å². The largest absolute Gasteiger partial charge is 0.494 e. The summed E-state index contributed by atoms with van der Waals surface area (Å²) < 4.78 is 5.38. The summed E-state index contributed by atoms with van der Waals surface area (Å²) in [6, 6.07) is 15.1. The fourth-order valence-corrected chi connectivity index (χ4v) is 2.17. The van der Waals surface area contributed by atoms with Gasteiger partial charge in [-0.25, -0.2) is 0 Å². The number of ether oxygens (including phenoxy) is 1. The van der Waals surface area contributed by atoms with Crippen LogP contribution in [0, 0.1) is 0 Å². The van der Waals surface area contributed by atoms with E-state index in [1.165, 1.54) is 0 Å². The molecule has 122 valence electrons. The summed E-state index contributed by atoms with van der Waals surface area (Å²) in [5.41, 5.74) is 2.00. The molecule has 2 N–H and O–H groups in total. The molecule has 2 rings (SSSR count). The Labute approximate surface area is 141 Å². The Kier molecular flexibility index (Phi) is 6.76. The molecule has 1 amide bonds. The highest BCUT2D eigenvalue weighted by molar-refractivity contribution is 6.30. The number of halogens is 1. The smallest absolute Gasteiger partial charge is 0.222 e. The van der Waals surface area contributed by atoms with Gasteiger partial charge in [0, 0.05) is 30.2 Å². The fraction of sp³-hybridized carbons (Fsp3) is 0.278. The highest BCUT2D eigenvalue weighted by Gasteiger charge is 2.02. The zero-order valence-electron chi connectivity index (χ0n) is 13.1. The quantitative estimate of drug-likeness (QED) is 0.771. The lowest BCUT2D eigenvalue weighted by molar-refractivity contribution is -0.121. The molecule has 0 aromatic heterocycles. The first-order valence-corrected chi connectivity index (χ1v) is 8.03. The van der Waals surface area contributed by atoms with Crippen LogP contribution in [0.3, 0.4) is 0 Å². The van der Waals surface area contributed by atoms with E-state index in [1.807, 2.05) is 55.5 Å². The summed E-state index contributed by atoms with van der Waals surface area (Å²) in [5, 5.41) is 6.80. The first-order chi connectivity index (χ1) is 11.2. The second kappa shape index (κ2) is 9.06. The first-order valence-electron chi connectivity index (χ1n) is 7.65. The Hall–Kier alpha value is -2.20. The summed E-state index contributed by atoms with van der Waals surface area (Å²) >= 11 is 5.82. The topological polar surface area (TPSA) is 50.4 Å². The number of anilines is 1. The maximum absolute atomic E-state index is 11.8. The van der Waals surface area contributed by atoms with Crippen LogP contribution in [0.2, 0.25) is 5.02 Å². The molecule has 0 saturated heterocycles. The van der Waals surface area contributed by atoms with E-state index in [9.17, 15) is 4.79 Å². The summed E-state index contributed by atoms with van der Waals surface area (Å²) in [6.07, 6.45) is 0.417. The van der Waals surface area contributed by atoms with Crippen LogP contribution in [-0.2, 0) is 11.3 Å². The molecular weight excluding hydrogens is 312 g/mol. The van der Waals surface area contributed by atoms with E-state index >= 15 is 0 Å². The van der Waals surface area contributed by atoms with Crippen LogP contribution in [0.5, 0.6) is 5.75 Å². The van der Waals surface area contributed by atoms with Crippen LogP contribution >= 0.6 is 11.6 Å². The number of amides is 1. The minimum Gasteiger partial charge on any atom is -0.494 e. The van der Waals surface area contributed by atoms with Crippen LogP contribution in [0.25, 0.3) is 0 Å². The monoisotopic (exact) mass is 332 g/mol. The van der Waals surface area contributed by atoms with Crippen molar-refractivity contribution in [1.29, 1.82) is 0 Å². The molecule has 4 nitrogen and oxygen atoms in total. The van der Waals surface area contributed by atoms with E-state index in [4.69, 9.17) is 16.3 Å². The molecule has 2 aromatic rings. The van der Waals surface area contributed by atoms with Crippen LogP contribution in [0.15, 0.2) is 48.5 Å². The number of hydrogen-bond donors (Lipinski definition) is 2. The van der Waals surface area contributed by atoms with Gasteiger partial charge in [0.1, 0.15) is 5.75 Å². The van der Waals surface area contributed by atoms with Crippen molar-refractivity contribution in [3.8, 4) is 5.75 Å². The molecule has 0 atom stereocenters. The van der Waals surface area contributed by atoms with Gasteiger partial charge in [-0.1, -0.05) is 23.7 Å². The van der Waals surface area contributed by atoms with E-state index < -0.39 is 0 Å². The minimum atomic E-state index is 0.0124. The van der Waals surface area contributed by atoms with Crippen molar-refractivity contribution in [2.45, 2.75) is 19.9 Å². The Morgan fingerprint density at radius 1 is 1.09 bits per heavy atom. The third kappa shape index (κ3) is 6.20. The highest BCUT2D eigenvalue weighted by atomic mass is 35.5. The predicted octanol–water partition coefficient (Wildman–Crippen LogP) is 3.86. The van der Waals surface area contributed by atoms with Gasteiger partial charge >= 0.3 is 0 Å².